The normalized spacial score (nSPS) is 16.1. The van der Waals surface area contributed by atoms with Crippen molar-refractivity contribution in [2.45, 2.75) is 30.2 Å². The van der Waals surface area contributed by atoms with Gasteiger partial charge in [-0.05, 0) is 53.4 Å². The first-order chi connectivity index (χ1) is 8.38. The van der Waals surface area contributed by atoms with Crippen LogP contribution >= 0.6 is 26.6 Å². The third-order valence-electron chi connectivity index (χ3n) is 2.90. The summed E-state index contributed by atoms with van der Waals surface area (Å²) < 4.78 is 23.0. The Morgan fingerprint density at radius 2 is 2.06 bits per heavy atom. The zero-order valence-electron chi connectivity index (χ0n) is 9.32. The summed E-state index contributed by atoms with van der Waals surface area (Å²) in [4.78, 5) is 11.9. The van der Waals surface area contributed by atoms with Gasteiger partial charge >= 0.3 is 0 Å². The number of carbonyl (C=O) groups is 1. The number of rotatable bonds is 3. The van der Waals surface area contributed by atoms with Crippen LogP contribution in [0.2, 0.25) is 0 Å². The molecule has 0 spiro atoms. The van der Waals surface area contributed by atoms with Gasteiger partial charge in [0.1, 0.15) is 0 Å². The van der Waals surface area contributed by atoms with Crippen LogP contribution in [0.4, 0.5) is 0 Å². The Hall–Kier alpha value is -0.590. The SMILES string of the molecule is O=C(NC1CCC1)c1cc(S(=O)(=O)Cl)ccc1Br. The molecule has 0 atom stereocenters. The van der Waals surface area contributed by atoms with Crippen LogP contribution in [0.1, 0.15) is 29.6 Å². The molecule has 4 nitrogen and oxygen atoms in total. The molecule has 1 aromatic rings. The fraction of sp³-hybridized carbons (Fsp3) is 0.364. The van der Waals surface area contributed by atoms with Crippen molar-refractivity contribution in [3.8, 4) is 0 Å². The van der Waals surface area contributed by atoms with Gasteiger partial charge in [-0.1, -0.05) is 0 Å². The minimum absolute atomic E-state index is 0.0777. The molecule has 0 aromatic heterocycles. The first kappa shape index (κ1) is 13.8. The lowest BCUT2D eigenvalue weighted by Gasteiger charge is -2.26. The summed E-state index contributed by atoms with van der Waals surface area (Å²) in [7, 11) is 1.43. The molecule has 98 valence electrons. The Bertz CT molecular complexity index is 584. The summed E-state index contributed by atoms with van der Waals surface area (Å²) in [5.41, 5.74) is 0.281. The summed E-state index contributed by atoms with van der Waals surface area (Å²) in [6, 6.07) is 4.33. The summed E-state index contributed by atoms with van der Waals surface area (Å²) in [6.07, 6.45) is 3.05. The average molecular weight is 353 g/mol. The minimum atomic E-state index is -3.82. The summed E-state index contributed by atoms with van der Waals surface area (Å²) in [5, 5.41) is 2.85. The highest BCUT2D eigenvalue weighted by molar-refractivity contribution is 9.10. The van der Waals surface area contributed by atoms with Crippen LogP contribution in [0, 0.1) is 0 Å². The second kappa shape index (κ2) is 5.19. The highest BCUT2D eigenvalue weighted by Crippen LogP contribution is 2.24. The lowest BCUT2D eigenvalue weighted by molar-refractivity contribution is 0.0916. The summed E-state index contributed by atoms with van der Waals surface area (Å²) in [5.74, 6) is -0.284. The maximum Gasteiger partial charge on any atom is 0.261 e. The second-order valence-corrected chi connectivity index (χ2v) is 7.60. The monoisotopic (exact) mass is 351 g/mol. The van der Waals surface area contributed by atoms with Gasteiger partial charge in [0.15, 0.2) is 0 Å². The van der Waals surface area contributed by atoms with Gasteiger partial charge in [0, 0.05) is 21.2 Å². The molecule has 0 saturated heterocycles. The van der Waals surface area contributed by atoms with E-state index in [1.807, 2.05) is 0 Å². The standard InChI is InChI=1S/C11H11BrClNO3S/c12-10-5-4-8(18(13,16)17)6-9(10)11(15)14-7-2-1-3-7/h4-7H,1-3H2,(H,14,15). The van der Waals surface area contributed by atoms with Crippen molar-refractivity contribution in [1.82, 2.24) is 5.32 Å². The van der Waals surface area contributed by atoms with Gasteiger partial charge in [-0.3, -0.25) is 4.79 Å². The van der Waals surface area contributed by atoms with E-state index in [4.69, 9.17) is 10.7 Å². The molecule has 1 saturated carbocycles. The van der Waals surface area contributed by atoms with Gasteiger partial charge < -0.3 is 5.32 Å². The predicted molar refractivity (Wildman–Crippen MR) is 72.3 cm³/mol. The van der Waals surface area contributed by atoms with Gasteiger partial charge in [0.2, 0.25) is 0 Å². The van der Waals surface area contributed by atoms with E-state index < -0.39 is 9.05 Å². The van der Waals surface area contributed by atoms with Gasteiger partial charge in [0.05, 0.1) is 10.5 Å². The molecule has 0 aliphatic heterocycles. The van der Waals surface area contributed by atoms with Crippen LogP contribution < -0.4 is 5.32 Å². The molecule has 18 heavy (non-hydrogen) atoms. The van der Waals surface area contributed by atoms with E-state index in [-0.39, 0.29) is 22.4 Å². The van der Waals surface area contributed by atoms with Gasteiger partial charge in [-0.15, -0.1) is 0 Å². The predicted octanol–water partition coefficient (Wildman–Crippen LogP) is 2.66. The molecule has 1 N–H and O–H groups in total. The number of hydrogen-bond acceptors (Lipinski definition) is 3. The molecule has 0 heterocycles. The van der Waals surface area contributed by atoms with Crippen molar-refractivity contribution in [1.29, 1.82) is 0 Å². The molecule has 1 aliphatic rings. The largest absolute Gasteiger partial charge is 0.349 e. The van der Waals surface area contributed by atoms with E-state index in [0.717, 1.165) is 19.3 Å². The van der Waals surface area contributed by atoms with E-state index in [0.29, 0.717) is 4.47 Å². The van der Waals surface area contributed by atoms with Gasteiger partial charge in [-0.25, -0.2) is 8.42 Å². The van der Waals surface area contributed by atoms with Crippen molar-refractivity contribution in [2.24, 2.45) is 0 Å². The number of carbonyl (C=O) groups excluding carboxylic acids is 1. The molecular formula is C11H11BrClNO3S. The first-order valence-electron chi connectivity index (χ1n) is 5.43. The lowest BCUT2D eigenvalue weighted by Crippen LogP contribution is -2.39. The molecule has 0 bridgehead atoms. The summed E-state index contributed by atoms with van der Waals surface area (Å²) >= 11 is 3.23. The third-order valence-corrected chi connectivity index (χ3v) is 4.95. The van der Waals surface area contributed by atoms with E-state index in [2.05, 4.69) is 21.2 Å². The zero-order chi connectivity index (χ0) is 13.3. The molecule has 1 amide bonds. The van der Waals surface area contributed by atoms with Crippen molar-refractivity contribution in [2.75, 3.05) is 0 Å². The van der Waals surface area contributed by atoms with Crippen LogP contribution in [-0.2, 0) is 9.05 Å². The molecule has 7 heteroatoms. The Balaban J connectivity index is 2.28. The molecule has 1 aromatic carbocycles. The molecule has 1 aliphatic carbocycles. The van der Waals surface area contributed by atoms with E-state index in [9.17, 15) is 13.2 Å². The number of benzene rings is 1. The highest BCUT2D eigenvalue weighted by atomic mass is 79.9. The fourth-order valence-corrected chi connectivity index (χ4v) is 2.85. The van der Waals surface area contributed by atoms with Crippen LogP contribution in [0.25, 0.3) is 0 Å². The number of nitrogens with one attached hydrogen (secondary N) is 1. The highest BCUT2D eigenvalue weighted by Gasteiger charge is 2.22. The second-order valence-electron chi connectivity index (χ2n) is 4.18. The Morgan fingerprint density at radius 1 is 1.39 bits per heavy atom. The van der Waals surface area contributed by atoms with E-state index in [1.165, 1.54) is 18.2 Å². The van der Waals surface area contributed by atoms with Crippen molar-refractivity contribution >= 4 is 41.6 Å². The lowest BCUT2D eigenvalue weighted by atomic mass is 9.93. The topological polar surface area (TPSA) is 63.2 Å². The molecular weight excluding hydrogens is 342 g/mol. The van der Waals surface area contributed by atoms with Crippen molar-refractivity contribution in [3.63, 3.8) is 0 Å². The van der Waals surface area contributed by atoms with Crippen LogP contribution in [0.15, 0.2) is 27.6 Å². The Kier molecular flexibility index (Phi) is 3.99. The van der Waals surface area contributed by atoms with Crippen molar-refractivity contribution in [3.05, 3.63) is 28.2 Å². The fourth-order valence-electron chi connectivity index (χ4n) is 1.65. The molecule has 1 fully saturated rings. The number of amides is 1. The Labute approximate surface area is 118 Å². The van der Waals surface area contributed by atoms with Crippen molar-refractivity contribution < 1.29 is 13.2 Å². The van der Waals surface area contributed by atoms with Crippen LogP contribution in [0.3, 0.4) is 0 Å². The maximum atomic E-state index is 12.0. The van der Waals surface area contributed by atoms with Crippen LogP contribution in [0.5, 0.6) is 0 Å². The zero-order valence-corrected chi connectivity index (χ0v) is 12.5. The van der Waals surface area contributed by atoms with E-state index >= 15 is 0 Å². The van der Waals surface area contributed by atoms with E-state index in [1.54, 1.807) is 0 Å². The third kappa shape index (κ3) is 3.05. The van der Waals surface area contributed by atoms with Crippen LogP contribution in [-0.4, -0.2) is 20.4 Å². The molecule has 0 radical (unpaired) electrons. The average Bonchev–Trinajstić information content (AvgIpc) is 2.22. The number of halogens is 2. The first-order valence-corrected chi connectivity index (χ1v) is 8.53. The molecule has 0 unspecified atom stereocenters. The molecule has 2 rings (SSSR count). The number of hydrogen-bond donors (Lipinski definition) is 1. The van der Waals surface area contributed by atoms with Gasteiger partial charge in [-0.2, -0.15) is 0 Å². The minimum Gasteiger partial charge on any atom is -0.349 e. The Morgan fingerprint density at radius 3 is 2.56 bits per heavy atom. The van der Waals surface area contributed by atoms with Gasteiger partial charge in [0.25, 0.3) is 15.0 Å². The smallest absolute Gasteiger partial charge is 0.261 e. The maximum absolute atomic E-state index is 12.0. The summed E-state index contributed by atoms with van der Waals surface area (Å²) in [6.45, 7) is 0. The quantitative estimate of drug-likeness (QED) is 0.851.